The van der Waals surface area contributed by atoms with Crippen molar-refractivity contribution in [1.82, 2.24) is 10.6 Å². The summed E-state index contributed by atoms with van der Waals surface area (Å²) in [6.45, 7) is 0.201. The summed E-state index contributed by atoms with van der Waals surface area (Å²) < 4.78 is 4.71. The first kappa shape index (κ1) is 20.5. The molecule has 0 saturated heterocycles. The van der Waals surface area contributed by atoms with E-state index in [4.69, 9.17) is 4.74 Å². The molecule has 6 nitrogen and oxygen atoms in total. The van der Waals surface area contributed by atoms with Gasteiger partial charge in [0, 0.05) is 23.4 Å². The lowest BCUT2D eigenvalue weighted by Gasteiger charge is -2.16. The van der Waals surface area contributed by atoms with Crippen LogP contribution in [0.15, 0.2) is 60.0 Å². The Labute approximate surface area is 172 Å². The molecule has 2 amide bonds. The van der Waals surface area contributed by atoms with E-state index in [0.717, 1.165) is 15.6 Å². The third-order valence-corrected chi connectivity index (χ3v) is 5.46. The first-order valence-electron chi connectivity index (χ1n) is 9.23. The highest BCUT2D eigenvalue weighted by Gasteiger charge is 2.19. The Morgan fingerprint density at radius 2 is 1.83 bits per heavy atom. The molecule has 7 heteroatoms. The first-order valence-corrected chi connectivity index (χ1v) is 10.1. The number of fused-ring (bicyclic) bond motifs is 1. The van der Waals surface area contributed by atoms with E-state index in [1.165, 1.54) is 18.4 Å². The molecule has 0 fully saturated rings. The predicted molar refractivity (Wildman–Crippen MR) is 113 cm³/mol. The van der Waals surface area contributed by atoms with E-state index in [2.05, 4.69) is 10.6 Å². The molecule has 1 atom stereocenters. The monoisotopic (exact) mass is 410 g/mol. The SMILES string of the molecule is COC(=O)CC(NC(=O)CCNC(=O)c1ccc2ccccc2c1)c1cccs1. The van der Waals surface area contributed by atoms with Gasteiger partial charge in [0.1, 0.15) is 0 Å². The smallest absolute Gasteiger partial charge is 0.307 e. The molecule has 0 saturated carbocycles. The summed E-state index contributed by atoms with van der Waals surface area (Å²) in [6, 6.07) is 16.6. The topological polar surface area (TPSA) is 84.5 Å². The van der Waals surface area contributed by atoms with Gasteiger partial charge in [-0.15, -0.1) is 11.3 Å². The van der Waals surface area contributed by atoms with Gasteiger partial charge in [0.15, 0.2) is 0 Å². The molecule has 0 spiro atoms. The van der Waals surface area contributed by atoms with Crippen molar-refractivity contribution in [1.29, 1.82) is 0 Å². The van der Waals surface area contributed by atoms with Crippen molar-refractivity contribution in [2.24, 2.45) is 0 Å². The van der Waals surface area contributed by atoms with Crippen molar-refractivity contribution in [3.63, 3.8) is 0 Å². The van der Waals surface area contributed by atoms with Gasteiger partial charge in [-0.1, -0.05) is 36.4 Å². The van der Waals surface area contributed by atoms with Crippen LogP contribution in [0.2, 0.25) is 0 Å². The van der Waals surface area contributed by atoms with Crippen LogP contribution in [0.5, 0.6) is 0 Å². The summed E-state index contributed by atoms with van der Waals surface area (Å²) in [5, 5.41) is 9.54. The normalized spacial score (nSPS) is 11.6. The van der Waals surface area contributed by atoms with Gasteiger partial charge >= 0.3 is 5.97 Å². The number of hydrogen-bond donors (Lipinski definition) is 2. The van der Waals surface area contributed by atoms with Crippen molar-refractivity contribution in [2.75, 3.05) is 13.7 Å². The van der Waals surface area contributed by atoms with Gasteiger partial charge in [0.25, 0.3) is 5.91 Å². The summed E-state index contributed by atoms with van der Waals surface area (Å²) >= 11 is 1.46. The molecule has 0 aliphatic rings. The average Bonchev–Trinajstić information content (AvgIpc) is 3.27. The number of rotatable bonds is 8. The van der Waals surface area contributed by atoms with Crippen LogP contribution >= 0.6 is 11.3 Å². The Morgan fingerprint density at radius 3 is 2.55 bits per heavy atom. The third-order valence-electron chi connectivity index (χ3n) is 4.47. The Morgan fingerprint density at radius 1 is 1.03 bits per heavy atom. The standard InChI is InChI=1S/C22H22N2O4S/c1-28-21(26)14-18(19-7-4-12-29-19)24-20(25)10-11-23-22(27)17-9-8-15-5-2-3-6-16(15)13-17/h2-9,12-13,18H,10-11,14H2,1H3,(H,23,27)(H,24,25). The molecule has 0 aliphatic carbocycles. The molecule has 2 aromatic carbocycles. The molecule has 29 heavy (non-hydrogen) atoms. The fourth-order valence-electron chi connectivity index (χ4n) is 2.95. The minimum absolute atomic E-state index is 0.0617. The molecule has 1 unspecified atom stereocenters. The van der Waals surface area contributed by atoms with Crippen molar-refractivity contribution in [3.8, 4) is 0 Å². The maximum absolute atomic E-state index is 12.4. The number of ether oxygens (including phenoxy) is 1. The summed E-state index contributed by atoms with van der Waals surface area (Å²) in [7, 11) is 1.32. The van der Waals surface area contributed by atoms with Crippen molar-refractivity contribution < 1.29 is 19.1 Å². The van der Waals surface area contributed by atoms with Crippen molar-refractivity contribution in [3.05, 3.63) is 70.4 Å². The Hall–Kier alpha value is -3.19. The second-order valence-corrected chi connectivity index (χ2v) is 7.46. The molecule has 1 aromatic heterocycles. The number of thiophene rings is 1. The lowest BCUT2D eigenvalue weighted by molar-refractivity contribution is -0.141. The minimum atomic E-state index is -0.439. The van der Waals surface area contributed by atoms with Crippen LogP contribution in [0.3, 0.4) is 0 Å². The average molecular weight is 410 g/mol. The van der Waals surface area contributed by atoms with Gasteiger partial charge < -0.3 is 15.4 Å². The zero-order chi connectivity index (χ0) is 20.6. The van der Waals surface area contributed by atoms with E-state index < -0.39 is 12.0 Å². The summed E-state index contributed by atoms with van der Waals surface area (Å²) in [5.41, 5.74) is 0.547. The Bertz CT molecular complexity index is 1000. The highest BCUT2D eigenvalue weighted by Crippen LogP contribution is 2.22. The molecular formula is C22H22N2O4S. The molecule has 3 rings (SSSR count). The molecule has 3 aromatic rings. The number of benzene rings is 2. The molecule has 1 heterocycles. The van der Waals surface area contributed by atoms with E-state index in [1.807, 2.05) is 53.9 Å². The number of hydrogen-bond acceptors (Lipinski definition) is 5. The number of carbonyl (C=O) groups is 3. The van der Waals surface area contributed by atoms with Crippen LogP contribution < -0.4 is 10.6 Å². The first-order chi connectivity index (χ1) is 14.1. The zero-order valence-corrected chi connectivity index (χ0v) is 16.8. The van der Waals surface area contributed by atoms with E-state index in [-0.39, 0.29) is 31.2 Å². The Kier molecular flexibility index (Phi) is 6.97. The predicted octanol–water partition coefficient (Wildman–Crippen LogP) is 3.44. The van der Waals surface area contributed by atoms with E-state index in [0.29, 0.717) is 5.56 Å². The quantitative estimate of drug-likeness (QED) is 0.557. The van der Waals surface area contributed by atoms with E-state index in [1.54, 1.807) is 6.07 Å². The van der Waals surface area contributed by atoms with E-state index in [9.17, 15) is 14.4 Å². The van der Waals surface area contributed by atoms with Crippen molar-refractivity contribution in [2.45, 2.75) is 18.9 Å². The highest BCUT2D eigenvalue weighted by atomic mass is 32.1. The summed E-state index contributed by atoms with van der Waals surface area (Å²) in [6.07, 6.45) is 0.175. The molecule has 0 bridgehead atoms. The number of methoxy groups -OCH3 is 1. The minimum Gasteiger partial charge on any atom is -0.469 e. The second kappa shape index (κ2) is 9.84. The van der Waals surface area contributed by atoms with Crippen molar-refractivity contribution >= 4 is 39.9 Å². The number of carbonyl (C=O) groups excluding carboxylic acids is 3. The molecule has 0 radical (unpaired) electrons. The maximum Gasteiger partial charge on any atom is 0.307 e. The van der Waals surface area contributed by atoms with Crippen LogP contribution in [0.25, 0.3) is 10.8 Å². The van der Waals surface area contributed by atoms with Gasteiger partial charge in [-0.05, 0) is 34.4 Å². The second-order valence-electron chi connectivity index (χ2n) is 6.48. The Balaban J connectivity index is 1.52. The lowest BCUT2D eigenvalue weighted by Crippen LogP contribution is -2.33. The molecular weight excluding hydrogens is 388 g/mol. The van der Waals surface area contributed by atoms with Gasteiger partial charge in [-0.3, -0.25) is 14.4 Å². The fourth-order valence-corrected chi connectivity index (χ4v) is 3.73. The van der Waals surface area contributed by atoms with Crippen LogP contribution in [0.1, 0.15) is 34.1 Å². The van der Waals surface area contributed by atoms with Crippen LogP contribution in [-0.4, -0.2) is 31.4 Å². The molecule has 150 valence electrons. The van der Waals surface area contributed by atoms with Gasteiger partial charge in [-0.2, -0.15) is 0 Å². The zero-order valence-electron chi connectivity index (χ0n) is 16.0. The van der Waals surface area contributed by atoms with Gasteiger partial charge in [0.05, 0.1) is 19.6 Å². The lowest BCUT2D eigenvalue weighted by atomic mass is 10.1. The van der Waals surface area contributed by atoms with Crippen LogP contribution in [0, 0.1) is 0 Å². The third kappa shape index (κ3) is 5.65. The highest BCUT2D eigenvalue weighted by molar-refractivity contribution is 7.10. The van der Waals surface area contributed by atoms with E-state index >= 15 is 0 Å². The molecule has 2 N–H and O–H groups in total. The maximum atomic E-state index is 12.4. The van der Waals surface area contributed by atoms with Gasteiger partial charge in [0.2, 0.25) is 5.91 Å². The van der Waals surface area contributed by atoms with Gasteiger partial charge in [-0.25, -0.2) is 0 Å². The fraction of sp³-hybridized carbons (Fsp3) is 0.227. The molecule has 0 aliphatic heterocycles. The summed E-state index contributed by atoms with van der Waals surface area (Å²) in [4.78, 5) is 37.2. The summed E-state index contributed by atoms with van der Waals surface area (Å²) in [5.74, 6) is -0.868. The number of esters is 1. The number of amides is 2. The largest absolute Gasteiger partial charge is 0.469 e. The number of nitrogens with one attached hydrogen (secondary N) is 2. The van der Waals surface area contributed by atoms with Crippen LogP contribution in [-0.2, 0) is 14.3 Å². The van der Waals surface area contributed by atoms with Crippen LogP contribution in [0.4, 0.5) is 0 Å².